The molecule has 5 heteroatoms. The van der Waals surface area contributed by atoms with Crippen LogP contribution in [0.1, 0.15) is 44.1 Å². The van der Waals surface area contributed by atoms with Gasteiger partial charge in [-0.05, 0) is 37.2 Å². The second-order valence-corrected chi connectivity index (χ2v) is 7.33. The maximum Gasteiger partial charge on any atom is 0.317 e. The first kappa shape index (κ1) is 18.2. The summed E-state index contributed by atoms with van der Waals surface area (Å²) < 4.78 is 5.54. The number of aliphatic hydroxyl groups is 1. The molecule has 2 heterocycles. The predicted octanol–water partition coefficient (Wildman–Crippen LogP) is 2.75. The van der Waals surface area contributed by atoms with Gasteiger partial charge in [0.2, 0.25) is 0 Å². The van der Waals surface area contributed by atoms with E-state index in [0.29, 0.717) is 32.1 Å². The number of ether oxygens (including phenoxy) is 1. The van der Waals surface area contributed by atoms with Gasteiger partial charge < -0.3 is 20.1 Å². The summed E-state index contributed by atoms with van der Waals surface area (Å²) >= 11 is 0. The molecule has 0 radical (unpaired) electrons. The van der Waals surface area contributed by atoms with Gasteiger partial charge in [0.25, 0.3) is 0 Å². The van der Waals surface area contributed by atoms with E-state index in [-0.39, 0.29) is 24.1 Å². The van der Waals surface area contributed by atoms with Gasteiger partial charge in [-0.3, -0.25) is 0 Å². The van der Waals surface area contributed by atoms with Gasteiger partial charge in [0, 0.05) is 31.7 Å². The fourth-order valence-corrected chi connectivity index (χ4v) is 4.05. The molecule has 2 N–H and O–H groups in total. The molecule has 3 rings (SSSR count). The Hall–Kier alpha value is -1.59. The van der Waals surface area contributed by atoms with Crippen molar-refractivity contribution in [2.24, 2.45) is 5.92 Å². The van der Waals surface area contributed by atoms with E-state index in [0.717, 1.165) is 25.8 Å². The number of aliphatic hydroxyl groups excluding tert-OH is 1. The highest BCUT2D eigenvalue weighted by molar-refractivity contribution is 5.74. The smallest absolute Gasteiger partial charge is 0.317 e. The first-order valence-corrected chi connectivity index (χ1v) is 9.52. The molecule has 0 bridgehead atoms. The van der Waals surface area contributed by atoms with Crippen LogP contribution in [0, 0.1) is 5.92 Å². The molecule has 25 heavy (non-hydrogen) atoms. The summed E-state index contributed by atoms with van der Waals surface area (Å²) in [6.07, 6.45) is 3.19. The van der Waals surface area contributed by atoms with Gasteiger partial charge in [0.05, 0.1) is 12.7 Å². The Morgan fingerprint density at radius 2 is 2.16 bits per heavy atom. The van der Waals surface area contributed by atoms with E-state index in [1.54, 1.807) is 0 Å². The Labute approximate surface area is 150 Å². The van der Waals surface area contributed by atoms with Crippen LogP contribution in [-0.4, -0.2) is 54.5 Å². The molecule has 2 saturated heterocycles. The molecule has 0 unspecified atom stereocenters. The fourth-order valence-electron chi connectivity index (χ4n) is 4.05. The maximum atomic E-state index is 12.6. The largest absolute Gasteiger partial charge is 0.393 e. The van der Waals surface area contributed by atoms with Crippen molar-refractivity contribution >= 4 is 6.03 Å². The summed E-state index contributed by atoms with van der Waals surface area (Å²) in [6, 6.07) is 10.5. The normalized spacial score (nSPS) is 27.9. The molecule has 2 aliphatic rings. The lowest BCUT2D eigenvalue weighted by Gasteiger charge is -2.37. The summed E-state index contributed by atoms with van der Waals surface area (Å²) in [7, 11) is 0. The number of nitrogens with zero attached hydrogens (tertiary/aromatic N) is 1. The average molecular weight is 346 g/mol. The molecule has 4 atom stereocenters. The summed E-state index contributed by atoms with van der Waals surface area (Å²) in [6.45, 7) is 4.81. The van der Waals surface area contributed by atoms with Gasteiger partial charge in [-0.1, -0.05) is 37.3 Å². The van der Waals surface area contributed by atoms with E-state index in [1.807, 2.05) is 11.0 Å². The molecule has 0 aromatic heterocycles. The van der Waals surface area contributed by atoms with Crippen LogP contribution in [0.2, 0.25) is 0 Å². The SMILES string of the molecule is C[C@H](CCNC(=O)N1CCC[C@@H]1[C@H]1COCC[C@H]1O)c1ccccc1. The molecule has 5 nitrogen and oxygen atoms in total. The Bertz CT molecular complexity index is 551. The van der Waals surface area contributed by atoms with Crippen LogP contribution in [0.3, 0.4) is 0 Å². The van der Waals surface area contributed by atoms with Crippen LogP contribution in [-0.2, 0) is 4.74 Å². The summed E-state index contributed by atoms with van der Waals surface area (Å²) in [5.74, 6) is 0.467. The first-order valence-electron chi connectivity index (χ1n) is 9.52. The Balaban J connectivity index is 1.48. The summed E-state index contributed by atoms with van der Waals surface area (Å²) in [4.78, 5) is 14.5. The zero-order valence-corrected chi connectivity index (χ0v) is 15.1. The number of rotatable bonds is 5. The highest BCUT2D eigenvalue weighted by atomic mass is 16.5. The third kappa shape index (κ3) is 4.53. The molecule has 0 aliphatic carbocycles. The zero-order valence-electron chi connectivity index (χ0n) is 15.1. The third-order valence-electron chi connectivity index (χ3n) is 5.64. The minimum Gasteiger partial charge on any atom is -0.393 e. The molecular formula is C20H30N2O3. The van der Waals surface area contributed by atoms with Crippen LogP contribution in [0.15, 0.2) is 30.3 Å². The van der Waals surface area contributed by atoms with E-state index in [1.165, 1.54) is 5.56 Å². The topological polar surface area (TPSA) is 61.8 Å². The van der Waals surface area contributed by atoms with E-state index >= 15 is 0 Å². The lowest BCUT2D eigenvalue weighted by Crippen LogP contribution is -2.51. The monoisotopic (exact) mass is 346 g/mol. The van der Waals surface area contributed by atoms with Crippen molar-refractivity contribution in [3.63, 3.8) is 0 Å². The van der Waals surface area contributed by atoms with Crippen molar-refractivity contribution in [2.75, 3.05) is 26.3 Å². The van der Waals surface area contributed by atoms with Crippen LogP contribution in [0.4, 0.5) is 4.79 Å². The second-order valence-electron chi connectivity index (χ2n) is 7.33. The highest BCUT2D eigenvalue weighted by Crippen LogP contribution is 2.29. The number of urea groups is 1. The van der Waals surface area contributed by atoms with E-state index in [9.17, 15) is 9.90 Å². The third-order valence-corrected chi connectivity index (χ3v) is 5.64. The number of hydrogen-bond donors (Lipinski definition) is 2. The van der Waals surface area contributed by atoms with Crippen molar-refractivity contribution in [3.8, 4) is 0 Å². The molecule has 2 fully saturated rings. The van der Waals surface area contributed by atoms with Crippen molar-refractivity contribution < 1.29 is 14.6 Å². The number of nitrogens with one attached hydrogen (secondary N) is 1. The van der Waals surface area contributed by atoms with Crippen LogP contribution in [0.5, 0.6) is 0 Å². The van der Waals surface area contributed by atoms with Gasteiger partial charge in [-0.25, -0.2) is 4.79 Å². The summed E-state index contributed by atoms with van der Waals surface area (Å²) in [5.41, 5.74) is 1.30. The number of carbonyl (C=O) groups is 1. The minimum atomic E-state index is -0.356. The number of amides is 2. The van der Waals surface area contributed by atoms with E-state index in [4.69, 9.17) is 4.74 Å². The van der Waals surface area contributed by atoms with Crippen molar-refractivity contribution in [1.29, 1.82) is 0 Å². The molecule has 138 valence electrons. The fraction of sp³-hybridized carbons (Fsp3) is 0.650. The standard InChI is InChI=1S/C20H30N2O3/c1-15(16-6-3-2-4-7-16)9-11-21-20(24)22-12-5-8-18(22)17-14-25-13-10-19(17)23/h2-4,6-7,15,17-19,23H,5,8-14H2,1H3,(H,21,24)/t15-,17-,18-,19-/m1/s1. The zero-order chi connectivity index (χ0) is 17.6. The van der Waals surface area contributed by atoms with Gasteiger partial charge in [-0.15, -0.1) is 0 Å². The Kier molecular flexibility index (Phi) is 6.32. The highest BCUT2D eigenvalue weighted by Gasteiger charge is 2.39. The molecule has 2 amide bonds. The maximum absolute atomic E-state index is 12.6. The molecule has 1 aromatic rings. The van der Waals surface area contributed by atoms with Crippen LogP contribution in [0.25, 0.3) is 0 Å². The molecular weight excluding hydrogens is 316 g/mol. The number of hydrogen-bond acceptors (Lipinski definition) is 3. The van der Waals surface area contributed by atoms with Crippen molar-refractivity contribution in [3.05, 3.63) is 35.9 Å². The Morgan fingerprint density at radius 1 is 1.36 bits per heavy atom. The molecule has 0 spiro atoms. The van der Waals surface area contributed by atoms with Crippen molar-refractivity contribution in [2.45, 2.75) is 50.7 Å². The van der Waals surface area contributed by atoms with Gasteiger partial charge in [0.1, 0.15) is 0 Å². The van der Waals surface area contributed by atoms with Gasteiger partial charge >= 0.3 is 6.03 Å². The Morgan fingerprint density at radius 3 is 2.92 bits per heavy atom. The number of likely N-dealkylation sites (tertiary alicyclic amines) is 1. The number of carbonyl (C=O) groups excluding carboxylic acids is 1. The van der Waals surface area contributed by atoms with Crippen LogP contribution >= 0.6 is 0 Å². The van der Waals surface area contributed by atoms with E-state index < -0.39 is 0 Å². The van der Waals surface area contributed by atoms with Gasteiger partial charge in [-0.2, -0.15) is 0 Å². The molecule has 0 saturated carbocycles. The van der Waals surface area contributed by atoms with Crippen LogP contribution < -0.4 is 5.32 Å². The summed E-state index contributed by atoms with van der Waals surface area (Å²) in [5, 5.41) is 13.3. The molecule has 1 aromatic carbocycles. The first-order chi connectivity index (χ1) is 12.2. The van der Waals surface area contributed by atoms with Gasteiger partial charge in [0.15, 0.2) is 0 Å². The second kappa shape index (κ2) is 8.68. The predicted molar refractivity (Wildman–Crippen MR) is 97.5 cm³/mol. The number of benzene rings is 1. The lowest BCUT2D eigenvalue weighted by molar-refractivity contribution is -0.0576. The molecule has 2 aliphatic heterocycles. The van der Waals surface area contributed by atoms with Crippen molar-refractivity contribution in [1.82, 2.24) is 10.2 Å². The quantitative estimate of drug-likeness (QED) is 0.862. The average Bonchev–Trinajstić information content (AvgIpc) is 3.12. The lowest BCUT2D eigenvalue weighted by atomic mass is 9.89. The van der Waals surface area contributed by atoms with E-state index in [2.05, 4.69) is 36.5 Å². The minimum absolute atomic E-state index is 0.000496.